The third-order valence-corrected chi connectivity index (χ3v) is 4.03. The van der Waals surface area contributed by atoms with Crippen molar-refractivity contribution in [2.45, 2.75) is 6.61 Å². The monoisotopic (exact) mass is 362 g/mol. The predicted octanol–water partition coefficient (Wildman–Crippen LogP) is 5.12. The number of benzene rings is 3. The second-order valence-electron chi connectivity index (χ2n) is 5.87. The Morgan fingerprint density at radius 3 is 2.30 bits per heavy atom. The number of rotatable bonds is 6. The Hall–Kier alpha value is -3.40. The Morgan fingerprint density at radius 1 is 0.926 bits per heavy atom. The molecule has 27 heavy (non-hydrogen) atoms. The third kappa shape index (κ3) is 4.82. The van der Waals surface area contributed by atoms with E-state index < -0.39 is 5.97 Å². The van der Waals surface area contributed by atoms with Crippen molar-refractivity contribution in [3.8, 4) is 5.75 Å². The Balaban J connectivity index is 1.89. The second kappa shape index (κ2) is 8.81. The number of carbonyl (C=O) groups is 1. The molecule has 4 heteroatoms. The van der Waals surface area contributed by atoms with Crippen molar-refractivity contribution in [2.24, 2.45) is 0 Å². The first-order chi connectivity index (χ1) is 13.2. The number of methoxy groups -OCH3 is 1. The normalized spacial score (nSPS) is 11.1. The van der Waals surface area contributed by atoms with Gasteiger partial charge in [-0.1, -0.05) is 60.7 Å². The average molecular weight is 362 g/mol. The van der Waals surface area contributed by atoms with Gasteiger partial charge in [-0.05, 0) is 35.4 Å². The van der Waals surface area contributed by atoms with Gasteiger partial charge in [-0.3, -0.25) is 0 Å². The maximum absolute atomic E-state index is 13.0. The lowest BCUT2D eigenvalue weighted by Gasteiger charge is -2.11. The largest absolute Gasteiger partial charge is 0.496 e. The summed E-state index contributed by atoms with van der Waals surface area (Å²) in [5.41, 5.74) is 2.65. The van der Waals surface area contributed by atoms with Crippen molar-refractivity contribution in [3.63, 3.8) is 0 Å². The molecule has 0 aliphatic rings. The molecule has 0 spiro atoms. The molecule has 0 saturated heterocycles. The van der Waals surface area contributed by atoms with E-state index in [2.05, 4.69) is 0 Å². The molecule has 0 atom stereocenters. The van der Waals surface area contributed by atoms with Crippen LogP contribution in [0.15, 0.2) is 78.9 Å². The number of ether oxygens (including phenoxy) is 2. The predicted molar refractivity (Wildman–Crippen MR) is 104 cm³/mol. The average Bonchev–Trinajstić information content (AvgIpc) is 2.72. The van der Waals surface area contributed by atoms with Gasteiger partial charge < -0.3 is 9.47 Å². The number of para-hydroxylation sites is 1. The number of halogens is 1. The van der Waals surface area contributed by atoms with Gasteiger partial charge in [0.25, 0.3) is 0 Å². The van der Waals surface area contributed by atoms with Crippen molar-refractivity contribution in [1.82, 2.24) is 0 Å². The minimum absolute atomic E-state index is 0.0647. The van der Waals surface area contributed by atoms with Crippen LogP contribution in [0.1, 0.15) is 16.7 Å². The fraction of sp³-hybridized carbons (Fsp3) is 0.0870. The fourth-order valence-corrected chi connectivity index (χ4v) is 2.63. The maximum atomic E-state index is 13.0. The van der Waals surface area contributed by atoms with Crippen molar-refractivity contribution >= 4 is 17.6 Å². The van der Waals surface area contributed by atoms with Crippen LogP contribution in [-0.4, -0.2) is 13.1 Å². The van der Waals surface area contributed by atoms with Crippen LogP contribution in [0.25, 0.3) is 11.6 Å². The molecule has 0 aliphatic carbocycles. The highest BCUT2D eigenvalue weighted by Crippen LogP contribution is 2.25. The molecule has 136 valence electrons. The molecular weight excluding hydrogens is 343 g/mol. The summed E-state index contributed by atoms with van der Waals surface area (Å²) >= 11 is 0. The van der Waals surface area contributed by atoms with E-state index in [9.17, 15) is 9.18 Å². The summed E-state index contributed by atoms with van der Waals surface area (Å²) in [7, 11) is 1.59. The summed E-state index contributed by atoms with van der Waals surface area (Å²) in [4.78, 5) is 12.8. The zero-order valence-electron chi connectivity index (χ0n) is 14.9. The first-order valence-corrected chi connectivity index (χ1v) is 8.49. The SMILES string of the molecule is COc1ccccc1/C=C(/C(=O)OCc1ccc(F)cc1)c1ccccc1. The van der Waals surface area contributed by atoms with Crippen molar-refractivity contribution in [2.75, 3.05) is 7.11 Å². The molecule has 0 N–H and O–H groups in total. The smallest absolute Gasteiger partial charge is 0.339 e. The van der Waals surface area contributed by atoms with Gasteiger partial charge in [0.15, 0.2) is 0 Å². The summed E-state index contributed by atoms with van der Waals surface area (Å²) in [6.45, 7) is 0.0647. The van der Waals surface area contributed by atoms with E-state index in [1.807, 2.05) is 54.6 Å². The van der Waals surface area contributed by atoms with Crippen LogP contribution in [0.4, 0.5) is 4.39 Å². The molecule has 0 aliphatic heterocycles. The zero-order chi connectivity index (χ0) is 19.1. The summed E-state index contributed by atoms with van der Waals surface area (Å²) in [5.74, 6) is -0.125. The zero-order valence-corrected chi connectivity index (χ0v) is 14.9. The molecule has 0 unspecified atom stereocenters. The molecule has 3 nitrogen and oxygen atoms in total. The fourth-order valence-electron chi connectivity index (χ4n) is 2.63. The second-order valence-corrected chi connectivity index (χ2v) is 5.87. The first kappa shape index (κ1) is 18.4. The van der Waals surface area contributed by atoms with Crippen LogP contribution in [-0.2, 0) is 16.1 Å². The minimum atomic E-state index is -0.462. The number of esters is 1. The van der Waals surface area contributed by atoms with Crippen LogP contribution in [0.2, 0.25) is 0 Å². The van der Waals surface area contributed by atoms with Crippen LogP contribution in [0.5, 0.6) is 5.75 Å². The van der Waals surface area contributed by atoms with Gasteiger partial charge in [0.05, 0.1) is 12.7 Å². The summed E-state index contributed by atoms with van der Waals surface area (Å²) in [5, 5.41) is 0. The number of hydrogen-bond donors (Lipinski definition) is 0. The van der Waals surface area contributed by atoms with Gasteiger partial charge in [0.1, 0.15) is 18.2 Å². The van der Waals surface area contributed by atoms with E-state index in [0.29, 0.717) is 11.3 Å². The molecule has 0 heterocycles. The van der Waals surface area contributed by atoms with Crippen LogP contribution in [0.3, 0.4) is 0 Å². The van der Waals surface area contributed by atoms with E-state index in [1.54, 1.807) is 25.3 Å². The van der Waals surface area contributed by atoms with Gasteiger partial charge in [-0.2, -0.15) is 0 Å². The van der Waals surface area contributed by atoms with Crippen LogP contribution in [0, 0.1) is 5.82 Å². The highest BCUT2D eigenvalue weighted by atomic mass is 19.1. The molecule has 0 fully saturated rings. The van der Waals surface area contributed by atoms with E-state index in [4.69, 9.17) is 9.47 Å². The van der Waals surface area contributed by atoms with Gasteiger partial charge in [-0.15, -0.1) is 0 Å². The Labute approximate surface area is 157 Å². The van der Waals surface area contributed by atoms with Crippen LogP contribution < -0.4 is 4.74 Å². The van der Waals surface area contributed by atoms with E-state index in [-0.39, 0.29) is 12.4 Å². The van der Waals surface area contributed by atoms with Gasteiger partial charge in [-0.25, -0.2) is 9.18 Å². The topological polar surface area (TPSA) is 35.5 Å². The Bertz CT molecular complexity index is 931. The minimum Gasteiger partial charge on any atom is -0.496 e. The van der Waals surface area contributed by atoms with E-state index in [1.165, 1.54) is 12.1 Å². The number of carbonyl (C=O) groups excluding carboxylic acids is 1. The molecule has 0 bridgehead atoms. The van der Waals surface area contributed by atoms with Crippen molar-refractivity contribution in [3.05, 3.63) is 101 Å². The quantitative estimate of drug-likeness (QED) is 0.347. The Morgan fingerprint density at radius 2 is 1.59 bits per heavy atom. The third-order valence-electron chi connectivity index (χ3n) is 4.03. The summed E-state index contributed by atoms with van der Waals surface area (Å²) < 4.78 is 23.8. The molecular formula is C23H19FO3. The molecule has 0 aromatic heterocycles. The molecule has 0 amide bonds. The van der Waals surface area contributed by atoms with Crippen molar-refractivity contribution < 1.29 is 18.7 Å². The van der Waals surface area contributed by atoms with Crippen molar-refractivity contribution in [1.29, 1.82) is 0 Å². The van der Waals surface area contributed by atoms with Gasteiger partial charge in [0, 0.05) is 5.56 Å². The molecule has 3 rings (SSSR count). The van der Waals surface area contributed by atoms with E-state index in [0.717, 1.165) is 16.7 Å². The lowest BCUT2D eigenvalue weighted by atomic mass is 10.0. The van der Waals surface area contributed by atoms with Gasteiger partial charge >= 0.3 is 5.97 Å². The maximum Gasteiger partial charge on any atom is 0.339 e. The number of hydrogen-bond acceptors (Lipinski definition) is 3. The molecule has 3 aromatic carbocycles. The van der Waals surface area contributed by atoms with E-state index >= 15 is 0 Å². The summed E-state index contributed by atoms with van der Waals surface area (Å²) in [6.07, 6.45) is 1.75. The Kier molecular flexibility index (Phi) is 6.00. The van der Waals surface area contributed by atoms with Gasteiger partial charge in [0.2, 0.25) is 0 Å². The standard InChI is InChI=1S/C23H19FO3/c1-26-22-10-6-5-9-19(22)15-21(18-7-3-2-4-8-18)23(25)27-16-17-11-13-20(24)14-12-17/h2-15H,16H2,1H3/b21-15+. The molecule has 0 radical (unpaired) electrons. The first-order valence-electron chi connectivity index (χ1n) is 8.49. The summed E-state index contributed by atoms with van der Waals surface area (Å²) in [6, 6.07) is 22.6. The highest BCUT2D eigenvalue weighted by molar-refractivity contribution is 6.21. The van der Waals surface area contributed by atoms with Crippen LogP contribution >= 0.6 is 0 Å². The lowest BCUT2D eigenvalue weighted by Crippen LogP contribution is -2.07. The molecule has 3 aromatic rings. The highest BCUT2D eigenvalue weighted by Gasteiger charge is 2.15. The molecule has 0 saturated carbocycles. The lowest BCUT2D eigenvalue weighted by molar-refractivity contribution is -0.137.